The summed E-state index contributed by atoms with van der Waals surface area (Å²) in [6.45, 7) is 0.457. The Balaban J connectivity index is 1.43. The summed E-state index contributed by atoms with van der Waals surface area (Å²) < 4.78 is 1.68. The molecule has 4 aromatic rings. The second kappa shape index (κ2) is 8.06. The van der Waals surface area contributed by atoms with Crippen LogP contribution in [0.1, 0.15) is 15.4 Å². The molecule has 0 spiro atoms. The second-order valence-corrected chi connectivity index (χ2v) is 7.73. The highest BCUT2D eigenvalue weighted by Gasteiger charge is 2.10. The summed E-state index contributed by atoms with van der Waals surface area (Å²) in [6, 6.07) is 10.6. The molecule has 0 bridgehead atoms. The van der Waals surface area contributed by atoms with Crippen LogP contribution >= 0.6 is 23.6 Å². The van der Waals surface area contributed by atoms with Gasteiger partial charge in [-0.15, -0.1) is 11.3 Å². The van der Waals surface area contributed by atoms with Gasteiger partial charge in [0.15, 0.2) is 4.77 Å². The average molecular weight is 424 g/mol. The molecule has 0 aliphatic rings. The van der Waals surface area contributed by atoms with E-state index in [1.165, 1.54) is 4.57 Å². The highest BCUT2D eigenvalue weighted by atomic mass is 32.1. The van der Waals surface area contributed by atoms with Crippen molar-refractivity contribution in [3.05, 3.63) is 73.7 Å². The van der Waals surface area contributed by atoms with E-state index < -0.39 is 0 Å². The van der Waals surface area contributed by atoms with Gasteiger partial charge in [0.25, 0.3) is 11.5 Å². The number of H-pyrrole nitrogens is 1. The normalized spacial score (nSPS) is 10.9. The molecule has 3 aromatic heterocycles. The third kappa shape index (κ3) is 4.01. The molecule has 2 N–H and O–H groups in total. The first-order valence-corrected chi connectivity index (χ1v) is 10.2. The Kier molecular flexibility index (Phi) is 5.32. The molecule has 0 fully saturated rings. The highest BCUT2D eigenvalue weighted by molar-refractivity contribution is 7.71. The number of rotatable bonds is 5. The van der Waals surface area contributed by atoms with Crippen molar-refractivity contribution in [2.24, 2.45) is 7.05 Å². The Morgan fingerprint density at radius 2 is 2.14 bits per heavy atom. The zero-order valence-electron chi connectivity index (χ0n) is 15.5. The largest absolute Gasteiger partial charge is 0.352 e. The Hall–Kier alpha value is -3.17. The Morgan fingerprint density at radius 3 is 2.93 bits per heavy atom. The van der Waals surface area contributed by atoms with Crippen molar-refractivity contribution in [2.75, 3.05) is 6.54 Å². The minimum atomic E-state index is -0.214. The van der Waals surface area contributed by atoms with Crippen LogP contribution < -0.4 is 10.9 Å². The third-order valence-electron chi connectivity index (χ3n) is 4.47. The van der Waals surface area contributed by atoms with Crippen molar-refractivity contribution in [2.45, 2.75) is 6.42 Å². The van der Waals surface area contributed by atoms with Gasteiger partial charge >= 0.3 is 0 Å². The number of fused-ring (bicyclic) bond motifs is 1. The van der Waals surface area contributed by atoms with E-state index in [4.69, 9.17) is 12.2 Å². The van der Waals surface area contributed by atoms with Crippen LogP contribution in [-0.2, 0) is 13.5 Å². The fraction of sp³-hybridized carbons (Fsp3) is 0.150. The molecule has 1 amide bonds. The molecule has 4 rings (SSSR count). The standard InChI is InChI=1S/C20H17N5O2S2/c1-25-19(27)13-6-5-12(10-15(13)24-20(25)28)18(26)22-9-7-17-23-16(11-29-17)14-4-2-3-8-21-14/h2-6,8,10-11H,7,9H2,1H3,(H,22,26)(H,24,28). The first-order valence-electron chi connectivity index (χ1n) is 8.90. The maximum absolute atomic E-state index is 12.5. The Morgan fingerprint density at radius 1 is 1.28 bits per heavy atom. The molecule has 0 atom stereocenters. The predicted octanol–water partition coefficient (Wildman–Crippen LogP) is 3.09. The van der Waals surface area contributed by atoms with Crippen LogP contribution in [0.5, 0.6) is 0 Å². The van der Waals surface area contributed by atoms with Gasteiger partial charge in [-0.25, -0.2) is 4.98 Å². The lowest BCUT2D eigenvalue weighted by molar-refractivity contribution is 0.0954. The lowest BCUT2D eigenvalue weighted by atomic mass is 10.1. The average Bonchev–Trinajstić information content (AvgIpc) is 3.21. The molecule has 0 aliphatic carbocycles. The van der Waals surface area contributed by atoms with Gasteiger partial charge in [0.05, 0.1) is 27.3 Å². The number of hydrogen-bond donors (Lipinski definition) is 2. The van der Waals surface area contributed by atoms with Crippen molar-refractivity contribution < 1.29 is 4.79 Å². The van der Waals surface area contributed by atoms with E-state index in [1.54, 1.807) is 42.8 Å². The lowest BCUT2D eigenvalue weighted by Crippen LogP contribution is -2.26. The minimum absolute atomic E-state index is 0.191. The van der Waals surface area contributed by atoms with Gasteiger partial charge in [0, 0.05) is 37.2 Å². The molecule has 0 aliphatic heterocycles. The molecule has 0 saturated heterocycles. The molecule has 1 aromatic carbocycles. The summed E-state index contributed by atoms with van der Waals surface area (Å²) in [6.07, 6.45) is 2.36. The van der Waals surface area contributed by atoms with E-state index in [0.717, 1.165) is 16.4 Å². The van der Waals surface area contributed by atoms with E-state index in [-0.39, 0.29) is 11.5 Å². The van der Waals surface area contributed by atoms with Gasteiger partial charge in [0.2, 0.25) is 0 Å². The summed E-state index contributed by atoms with van der Waals surface area (Å²) in [4.78, 5) is 36.6. The maximum atomic E-state index is 12.5. The third-order valence-corrected chi connectivity index (χ3v) is 5.75. The molecule has 29 heavy (non-hydrogen) atoms. The number of hydrogen-bond acceptors (Lipinski definition) is 6. The molecule has 9 heteroatoms. The van der Waals surface area contributed by atoms with E-state index in [1.807, 2.05) is 23.6 Å². The van der Waals surface area contributed by atoms with Gasteiger partial charge < -0.3 is 10.3 Å². The minimum Gasteiger partial charge on any atom is -0.352 e. The van der Waals surface area contributed by atoms with Gasteiger partial charge in [-0.3, -0.25) is 19.1 Å². The van der Waals surface area contributed by atoms with Crippen LogP contribution in [0.25, 0.3) is 22.3 Å². The highest BCUT2D eigenvalue weighted by Crippen LogP contribution is 2.19. The van der Waals surface area contributed by atoms with E-state index in [2.05, 4.69) is 20.3 Å². The van der Waals surface area contributed by atoms with Crippen LogP contribution in [-0.4, -0.2) is 32.0 Å². The summed E-state index contributed by atoms with van der Waals surface area (Å²) in [7, 11) is 1.61. The number of aromatic nitrogens is 4. The number of amides is 1. The SMILES string of the molecule is Cn1c(=S)[nH]c2cc(C(=O)NCCc3nc(-c4ccccn4)cs3)ccc2c1=O. The van der Waals surface area contributed by atoms with E-state index in [9.17, 15) is 9.59 Å². The van der Waals surface area contributed by atoms with Crippen molar-refractivity contribution in [3.63, 3.8) is 0 Å². The number of nitrogens with one attached hydrogen (secondary N) is 2. The fourth-order valence-corrected chi connectivity index (χ4v) is 3.87. The van der Waals surface area contributed by atoms with Crippen LogP contribution in [0.4, 0.5) is 0 Å². The lowest BCUT2D eigenvalue weighted by Gasteiger charge is -2.07. The molecular formula is C20H17N5O2S2. The van der Waals surface area contributed by atoms with Gasteiger partial charge in [-0.1, -0.05) is 6.07 Å². The van der Waals surface area contributed by atoms with Crippen LogP contribution in [0.15, 0.2) is 52.8 Å². The fourth-order valence-electron chi connectivity index (χ4n) is 2.89. The molecule has 0 unspecified atom stereocenters. The summed E-state index contributed by atoms with van der Waals surface area (Å²) in [5, 5.41) is 6.27. The monoisotopic (exact) mass is 423 g/mol. The quantitative estimate of drug-likeness (QED) is 0.481. The van der Waals surface area contributed by atoms with Crippen molar-refractivity contribution in [3.8, 4) is 11.4 Å². The number of carbonyl (C=O) groups is 1. The van der Waals surface area contributed by atoms with Gasteiger partial charge in [-0.2, -0.15) is 0 Å². The summed E-state index contributed by atoms with van der Waals surface area (Å²) >= 11 is 6.68. The number of aromatic amines is 1. The maximum Gasteiger partial charge on any atom is 0.261 e. The molecule has 0 radical (unpaired) electrons. The van der Waals surface area contributed by atoms with Crippen molar-refractivity contribution >= 4 is 40.4 Å². The predicted molar refractivity (Wildman–Crippen MR) is 116 cm³/mol. The summed E-state index contributed by atoms with van der Waals surface area (Å²) in [5.41, 5.74) is 2.49. The zero-order chi connectivity index (χ0) is 20.4. The number of nitrogens with zero attached hydrogens (tertiary/aromatic N) is 3. The van der Waals surface area contributed by atoms with Crippen molar-refractivity contribution in [1.82, 2.24) is 24.8 Å². The topological polar surface area (TPSA) is 92.7 Å². The van der Waals surface area contributed by atoms with Crippen LogP contribution in [0.3, 0.4) is 0 Å². The van der Waals surface area contributed by atoms with E-state index in [0.29, 0.717) is 34.2 Å². The first kappa shape index (κ1) is 19.2. The second-order valence-electron chi connectivity index (χ2n) is 6.40. The van der Waals surface area contributed by atoms with Gasteiger partial charge in [-0.05, 0) is 42.5 Å². The smallest absolute Gasteiger partial charge is 0.261 e. The van der Waals surface area contributed by atoms with Crippen LogP contribution in [0.2, 0.25) is 0 Å². The Labute approximate surface area is 175 Å². The number of thiazole rings is 1. The van der Waals surface area contributed by atoms with Crippen LogP contribution in [0, 0.1) is 4.77 Å². The Bertz CT molecular complexity index is 1310. The number of carbonyl (C=O) groups excluding carboxylic acids is 1. The van der Waals surface area contributed by atoms with Gasteiger partial charge in [0.1, 0.15) is 0 Å². The summed E-state index contributed by atoms with van der Waals surface area (Å²) in [5.74, 6) is -0.214. The molecule has 0 saturated carbocycles. The first-order chi connectivity index (χ1) is 14.0. The number of pyridine rings is 1. The molecule has 3 heterocycles. The molecular weight excluding hydrogens is 406 g/mol. The van der Waals surface area contributed by atoms with E-state index >= 15 is 0 Å². The molecule has 7 nitrogen and oxygen atoms in total. The number of benzene rings is 1. The molecule has 146 valence electrons. The van der Waals surface area contributed by atoms with Crippen molar-refractivity contribution in [1.29, 1.82) is 0 Å². The zero-order valence-corrected chi connectivity index (χ0v) is 17.1.